The molecule has 0 aromatic carbocycles. The fourth-order valence-corrected chi connectivity index (χ4v) is 3.14. The van der Waals surface area contributed by atoms with E-state index in [0.29, 0.717) is 25.4 Å². The maximum absolute atomic E-state index is 13.1. The summed E-state index contributed by atoms with van der Waals surface area (Å²) in [6.45, 7) is 4.85. The van der Waals surface area contributed by atoms with E-state index in [-0.39, 0.29) is 6.42 Å². The molecule has 1 fully saturated rings. The third-order valence-corrected chi connectivity index (χ3v) is 4.41. The number of alkyl halides is 3. The van der Waals surface area contributed by atoms with Gasteiger partial charge in [0.05, 0.1) is 17.7 Å². The predicted octanol–water partition coefficient (Wildman–Crippen LogP) is 3.72. The van der Waals surface area contributed by atoms with Crippen molar-refractivity contribution in [2.75, 3.05) is 6.54 Å². The Hall–Kier alpha value is -1.04. The highest BCUT2D eigenvalue weighted by molar-refractivity contribution is 5.04. The summed E-state index contributed by atoms with van der Waals surface area (Å²) in [4.78, 5) is 0. The lowest BCUT2D eigenvalue weighted by Gasteiger charge is -2.33. The molecule has 2 unspecified atom stereocenters. The fourth-order valence-electron chi connectivity index (χ4n) is 3.14. The molecule has 1 aromatic rings. The second-order valence-electron chi connectivity index (χ2n) is 5.81. The van der Waals surface area contributed by atoms with Crippen LogP contribution in [-0.2, 0) is 6.42 Å². The van der Waals surface area contributed by atoms with E-state index in [4.69, 9.17) is 0 Å². The quantitative estimate of drug-likeness (QED) is 0.898. The zero-order valence-corrected chi connectivity index (χ0v) is 12.7. The van der Waals surface area contributed by atoms with Gasteiger partial charge in [-0.2, -0.15) is 18.3 Å². The van der Waals surface area contributed by atoms with Crippen LogP contribution in [0.3, 0.4) is 0 Å². The van der Waals surface area contributed by atoms with Crippen LogP contribution >= 0.6 is 0 Å². The third kappa shape index (κ3) is 3.99. The Bertz CT molecular complexity index is 438. The standard InChI is InChI=1S/C15H24F3N3/c1-3-12(4-2)21-9-7-11(20-21)10-14-13(15(16,17)18)6-5-8-19-14/h7,9,12-14,19H,3-6,8,10H2,1-2H3. The molecule has 0 spiro atoms. The average molecular weight is 303 g/mol. The van der Waals surface area contributed by atoms with Crippen LogP contribution in [-0.4, -0.2) is 28.5 Å². The molecule has 21 heavy (non-hydrogen) atoms. The van der Waals surface area contributed by atoms with Gasteiger partial charge in [0.2, 0.25) is 0 Å². The van der Waals surface area contributed by atoms with Crippen molar-refractivity contribution in [1.29, 1.82) is 0 Å². The lowest BCUT2D eigenvalue weighted by atomic mass is 9.87. The number of rotatable bonds is 5. The molecule has 120 valence electrons. The van der Waals surface area contributed by atoms with E-state index < -0.39 is 18.1 Å². The van der Waals surface area contributed by atoms with Crippen molar-refractivity contribution in [2.45, 2.75) is 64.2 Å². The van der Waals surface area contributed by atoms with Crippen LogP contribution in [0.1, 0.15) is 51.3 Å². The highest BCUT2D eigenvalue weighted by atomic mass is 19.4. The lowest BCUT2D eigenvalue weighted by molar-refractivity contribution is -0.188. The van der Waals surface area contributed by atoms with Crippen molar-refractivity contribution in [3.63, 3.8) is 0 Å². The minimum absolute atomic E-state index is 0.217. The van der Waals surface area contributed by atoms with E-state index in [1.165, 1.54) is 0 Å². The van der Waals surface area contributed by atoms with Gasteiger partial charge < -0.3 is 5.32 Å². The van der Waals surface area contributed by atoms with Crippen molar-refractivity contribution in [3.05, 3.63) is 18.0 Å². The van der Waals surface area contributed by atoms with Crippen LogP contribution in [0.15, 0.2) is 12.3 Å². The summed E-state index contributed by atoms with van der Waals surface area (Å²) in [5, 5.41) is 7.49. The molecule has 1 aromatic heterocycles. The van der Waals surface area contributed by atoms with Gasteiger partial charge in [0.1, 0.15) is 0 Å². The van der Waals surface area contributed by atoms with Gasteiger partial charge >= 0.3 is 6.18 Å². The van der Waals surface area contributed by atoms with Crippen LogP contribution in [0.5, 0.6) is 0 Å². The molecule has 0 aliphatic carbocycles. The van der Waals surface area contributed by atoms with Crippen molar-refractivity contribution in [1.82, 2.24) is 15.1 Å². The smallest absolute Gasteiger partial charge is 0.313 e. The molecule has 0 amide bonds. The number of hydrogen-bond acceptors (Lipinski definition) is 2. The van der Waals surface area contributed by atoms with Crippen LogP contribution in [0.25, 0.3) is 0 Å². The number of nitrogens with zero attached hydrogens (tertiary/aromatic N) is 2. The average Bonchev–Trinajstić information content (AvgIpc) is 2.88. The van der Waals surface area contributed by atoms with Gasteiger partial charge in [-0.3, -0.25) is 4.68 Å². The topological polar surface area (TPSA) is 29.9 Å². The molecule has 2 rings (SSSR count). The Morgan fingerprint density at radius 3 is 2.71 bits per heavy atom. The number of piperidine rings is 1. The van der Waals surface area contributed by atoms with Gasteiger partial charge in [0, 0.05) is 18.7 Å². The molecular formula is C15H24F3N3. The monoisotopic (exact) mass is 303 g/mol. The maximum Gasteiger partial charge on any atom is 0.393 e. The summed E-state index contributed by atoms with van der Waals surface area (Å²) in [6, 6.07) is 1.63. The van der Waals surface area contributed by atoms with Gasteiger partial charge in [0.25, 0.3) is 0 Å². The summed E-state index contributed by atoms with van der Waals surface area (Å²) in [7, 11) is 0. The molecule has 2 heterocycles. The first kappa shape index (κ1) is 16.3. The highest BCUT2D eigenvalue weighted by Gasteiger charge is 2.45. The van der Waals surface area contributed by atoms with E-state index in [9.17, 15) is 13.2 Å². The number of hydrogen-bond donors (Lipinski definition) is 1. The minimum atomic E-state index is -4.13. The maximum atomic E-state index is 13.1. The Kier molecular flexibility index (Phi) is 5.30. The number of halogens is 3. The summed E-state index contributed by atoms with van der Waals surface area (Å²) < 4.78 is 41.1. The van der Waals surface area contributed by atoms with E-state index in [1.54, 1.807) is 0 Å². The molecule has 0 radical (unpaired) electrons. The zero-order valence-electron chi connectivity index (χ0n) is 12.7. The van der Waals surface area contributed by atoms with E-state index in [2.05, 4.69) is 24.3 Å². The van der Waals surface area contributed by atoms with Crippen LogP contribution < -0.4 is 5.32 Å². The summed E-state index contributed by atoms with van der Waals surface area (Å²) in [6.07, 6.45) is 0.859. The van der Waals surface area contributed by atoms with Crippen molar-refractivity contribution in [2.24, 2.45) is 5.92 Å². The van der Waals surface area contributed by atoms with Crippen LogP contribution in [0.4, 0.5) is 13.2 Å². The molecule has 2 atom stereocenters. The molecule has 1 saturated heterocycles. The second kappa shape index (κ2) is 6.81. The van der Waals surface area contributed by atoms with Gasteiger partial charge in [-0.1, -0.05) is 13.8 Å². The SMILES string of the molecule is CCC(CC)n1ccc(CC2NCCCC2C(F)(F)F)n1. The largest absolute Gasteiger partial charge is 0.393 e. The first-order valence-electron chi connectivity index (χ1n) is 7.79. The van der Waals surface area contributed by atoms with Crippen molar-refractivity contribution in [3.8, 4) is 0 Å². The van der Waals surface area contributed by atoms with Gasteiger partial charge in [-0.15, -0.1) is 0 Å². The van der Waals surface area contributed by atoms with Crippen LogP contribution in [0.2, 0.25) is 0 Å². The Labute approximate surface area is 123 Å². The molecule has 1 aliphatic heterocycles. The van der Waals surface area contributed by atoms with E-state index in [0.717, 1.165) is 18.5 Å². The Balaban J connectivity index is 2.06. The normalized spacial score (nSPS) is 23.7. The third-order valence-electron chi connectivity index (χ3n) is 4.41. The first-order chi connectivity index (χ1) is 9.95. The molecule has 1 aliphatic rings. The molecule has 1 N–H and O–H groups in total. The number of nitrogens with one attached hydrogen (secondary N) is 1. The fraction of sp³-hybridized carbons (Fsp3) is 0.800. The predicted molar refractivity (Wildman–Crippen MR) is 76.1 cm³/mol. The Morgan fingerprint density at radius 1 is 1.38 bits per heavy atom. The summed E-state index contributed by atoms with van der Waals surface area (Å²) in [5.41, 5.74) is 0.746. The molecule has 0 bridgehead atoms. The lowest BCUT2D eigenvalue weighted by Crippen LogP contribution is -2.48. The molecule has 0 saturated carbocycles. The highest BCUT2D eigenvalue weighted by Crippen LogP contribution is 2.35. The van der Waals surface area contributed by atoms with E-state index in [1.807, 2.05) is 16.9 Å². The molecule has 6 heteroatoms. The summed E-state index contributed by atoms with van der Waals surface area (Å²) in [5.74, 6) is -1.26. The van der Waals surface area contributed by atoms with Crippen molar-refractivity contribution < 1.29 is 13.2 Å². The molecular weight excluding hydrogens is 279 g/mol. The second-order valence-corrected chi connectivity index (χ2v) is 5.81. The van der Waals surface area contributed by atoms with Gasteiger partial charge in [0.15, 0.2) is 0 Å². The first-order valence-corrected chi connectivity index (χ1v) is 7.79. The van der Waals surface area contributed by atoms with Gasteiger partial charge in [-0.25, -0.2) is 0 Å². The van der Waals surface area contributed by atoms with Crippen LogP contribution in [0, 0.1) is 5.92 Å². The zero-order chi connectivity index (χ0) is 15.5. The molecule has 3 nitrogen and oxygen atoms in total. The van der Waals surface area contributed by atoms with Gasteiger partial charge in [-0.05, 0) is 38.3 Å². The summed E-state index contributed by atoms with van der Waals surface area (Å²) >= 11 is 0. The minimum Gasteiger partial charge on any atom is -0.313 e. The number of aromatic nitrogens is 2. The van der Waals surface area contributed by atoms with E-state index >= 15 is 0 Å². The van der Waals surface area contributed by atoms with Crippen molar-refractivity contribution >= 4 is 0 Å². The Morgan fingerprint density at radius 2 is 2.10 bits per heavy atom.